The fourth-order valence-corrected chi connectivity index (χ4v) is 3.94. The van der Waals surface area contributed by atoms with E-state index in [1.807, 2.05) is 4.90 Å². The smallest absolute Gasteiger partial charge is 0.251 e. The molecule has 5 heteroatoms. The number of thiophene rings is 1. The second-order valence-electron chi connectivity index (χ2n) is 5.95. The summed E-state index contributed by atoms with van der Waals surface area (Å²) < 4.78 is 5.62. The standard InChI is InChI=1S/C16H24N2O2S/c1-13(14-5-11-21-12-14)17-6-8-18(9-7-17)16(19)15-4-2-3-10-20-15/h5,11-13,15H,2-4,6-10H2,1H3/t13-,15+/m1/s1. The van der Waals surface area contributed by atoms with E-state index in [4.69, 9.17) is 4.74 Å². The largest absolute Gasteiger partial charge is 0.368 e. The highest BCUT2D eigenvalue weighted by atomic mass is 32.1. The molecule has 2 aliphatic rings. The van der Waals surface area contributed by atoms with Crippen LogP contribution in [0.15, 0.2) is 16.8 Å². The van der Waals surface area contributed by atoms with E-state index in [1.54, 1.807) is 11.3 Å². The SMILES string of the molecule is C[C@H](c1ccsc1)N1CCN(C(=O)[C@@H]2CCCCO2)CC1. The van der Waals surface area contributed by atoms with Crippen LogP contribution in [-0.4, -0.2) is 54.6 Å². The predicted molar refractivity (Wildman–Crippen MR) is 84.5 cm³/mol. The summed E-state index contributed by atoms with van der Waals surface area (Å²) in [5, 5.41) is 4.35. The number of ether oxygens (including phenoxy) is 1. The quantitative estimate of drug-likeness (QED) is 0.860. The molecule has 0 bridgehead atoms. The van der Waals surface area contributed by atoms with Crippen LogP contribution in [-0.2, 0) is 9.53 Å². The van der Waals surface area contributed by atoms with Crippen molar-refractivity contribution in [2.24, 2.45) is 0 Å². The fourth-order valence-electron chi connectivity index (χ4n) is 3.19. The van der Waals surface area contributed by atoms with Crippen LogP contribution in [0.25, 0.3) is 0 Å². The van der Waals surface area contributed by atoms with E-state index >= 15 is 0 Å². The second kappa shape index (κ2) is 6.90. The average molecular weight is 308 g/mol. The van der Waals surface area contributed by atoms with Crippen LogP contribution >= 0.6 is 11.3 Å². The molecule has 0 radical (unpaired) electrons. The van der Waals surface area contributed by atoms with Crippen LogP contribution in [0.3, 0.4) is 0 Å². The van der Waals surface area contributed by atoms with Gasteiger partial charge >= 0.3 is 0 Å². The van der Waals surface area contributed by atoms with Crippen molar-refractivity contribution in [3.63, 3.8) is 0 Å². The summed E-state index contributed by atoms with van der Waals surface area (Å²) in [5.41, 5.74) is 1.38. The highest BCUT2D eigenvalue weighted by Crippen LogP contribution is 2.24. The Kier molecular flexibility index (Phi) is 4.93. The molecule has 2 fully saturated rings. The summed E-state index contributed by atoms with van der Waals surface area (Å²) in [4.78, 5) is 16.9. The monoisotopic (exact) mass is 308 g/mol. The molecule has 1 aromatic rings. The van der Waals surface area contributed by atoms with E-state index in [9.17, 15) is 4.79 Å². The van der Waals surface area contributed by atoms with Gasteiger partial charge in [-0.2, -0.15) is 11.3 Å². The van der Waals surface area contributed by atoms with Crippen molar-refractivity contribution in [3.8, 4) is 0 Å². The van der Waals surface area contributed by atoms with Crippen molar-refractivity contribution in [1.82, 2.24) is 9.80 Å². The van der Waals surface area contributed by atoms with Gasteiger partial charge in [0.1, 0.15) is 6.10 Å². The minimum absolute atomic E-state index is 0.181. The summed E-state index contributed by atoms with van der Waals surface area (Å²) in [6.07, 6.45) is 2.92. The van der Waals surface area contributed by atoms with Gasteiger partial charge in [-0.25, -0.2) is 0 Å². The van der Waals surface area contributed by atoms with Gasteiger partial charge < -0.3 is 9.64 Å². The van der Waals surface area contributed by atoms with Crippen molar-refractivity contribution < 1.29 is 9.53 Å². The lowest BCUT2D eigenvalue weighted by atomic mass is 10.1. The van der Waals surface area contributed by atoms with E-state index in [1.165, 1.54) is 5.56 Å². The van der Waals surface area contributed by atoms with Crippen LogP contribution < -0.4 is 0 Å². The zero-order valence-corrected chi connectivity index (χ0v) is 13.5. The number of amides is 1. The lowest BCUT2D eigenvalue weighted by molar-refractivity contribution is -0.148. The Morgan fingerprint density at radius 3 is 2.76 bits per heavy atom. The molecule has 2 saturated heterocycles. The highest BCUT2D eigenvalue weighted by Gasteiger charge is 2.30. The van der Waals surface area contributed by atoms with Gasteiger partial charge in [0.2, 0.25) is 0 Å². The van der Waals surface area contributed by atoms with Crippen LogP contribution in [0.4, 0.5) is 0 Å². The topological polar surface area (TPSA) is 32.8 Å². The number of rotatable bonds is 3. The van der Waals surface area contributed by atoms with E-state index in [0.717, 1.165) is 52.0 Å². The molecule has 2 atom stereocenters. The Morgan fingerprint density at radius 2 is 2.14 bits per heavy atom. The molecule has 0 spiro atoms. The Balaban J connectivity index is 1.51. The summed E-state index contributed by atoms with van der Waals surface area (Å²) in [6.45, 7) is 6.56. The van der Waals surface area contributed by atoms with Crippen LogP contribution in [0, 0.1) is 0 Å². The molecule has 0 aliphatic carbocycles. The third-order valence-corrected chi connectivity index (χ3v) is 5.36. The molecule has 0 aromatic carbocycles. The lowest BCUT2D eigenvalue weighted by Crippen LogP contribution is -2.52. The molecular formula is C16H24N2O2S. The molecule has 0 N–H and O–H groups in total. The summed E-state index contributed by atoms with van der Waals surface area (Å²) in [5.74, 6) is 0.206. The zero-order valence-electron chi connectivity index (χ0n) is 12.7. The van der Waals surface area contributed by atoms with Crippen LogP contribution in [0.5, 0.6) is 0 Å². The molecule has 2 aliphatic heterocycles. The molecule has 1 aromatic heterocycles. The second-order valence-corrected chi connectivity index (χ2v) is 6.73. The Bertz CT molecular complexity index is 449. The molecule has 3 rings (SSSR count). The van der Waals surface area contributed by atoms with E-state index in [0.29, 0.717) is 6.04 Å². The maximum Gasteiger partial charge on any atom is 0.251 e. The van der Waals surface area contributed by atoms with Gasteiger partial charge in [0.15, 0.2) is 0 Å². The van der Waals surface area contributed by atoms with Crippen LogP contribution in [0.1, 0.15) is 37.8 Å². The minimum atomic E-state index is -0.181. The maximum atomic E-state index is 12.4. The first-order chi connectivity index (χ1) is 10.3. The fraction of sp³-hybridized carbons (Fsp3) is 0.688. The Labute approximate surface area is 130 Å². The number of nitrogens with zero attached hydrogens (tertiary/aromatic N) is 2. The van der Waals surface area contributed by atoms with Gasteiger partial charge in [0.05, 0.1) is 0 Å². The summed E-state index contributed by atoms with van der Waals surface area (Å²) in [6, 6.07) is 2.64. The zero-order chi connectivity index (χ0) is 14.7. The van der Waals surface area contributed by atoms with Crippen molar-refractivity contribution >= 4 is 17.2 Å². The third kappa shape index (κ3) is 3.47. The van der Waals surface area contributed by atoms with Gasteiger partial charge in [-0.1, -0.05) is 0 Å². The Hall–Kier alpha value is -0.910. The third-order valence-electron chi connectivity index (χ3n) is 4.65. The maximum absolute atomic E-state index is 12.4. The molecule has 3 heterocycles. The first kappa shape index (κ1) is 15.0. The molecular weight excluding hydrogens is 284 g/mol. The minimum Gasteiger partial charge on any atom is -0.368 e. The van der Waals surface area contributed by atoms with Gasteiger partial charge in [-0.3, -0.25) is 9.69 Å². The predicted octanol–water partition coefficient (Wildman–Crippen LogP) is 2.52. The molecule has 4 nitrogen and oxygen atoms in total. The molecule has 0 saturated carbocycles. The molecule has 116 valence electrons. The van der Waals surface area contributed by atoms with Crippen molar-refractivity contribution in [1.29, 1.82) is 0 Å². The number of hydrogen-bond donors (Lipinski definition) is 0. The summed E-state index contributed by atoms with van der Waals surface area (Å²) >= 11 is 1.75. The number of hydrogen-bond acceptors (Lipinski definition) is 4. The van der Waals surface area contributed by atoms with E-state index in [-0.39, 0.29) is 12.0 Å². The Morgan fingerprint density at radius 1 is 1.33 bits per heavy atom. The summed E-state index contributed by atoms with van der Waals surface area (Å²) in [7, 11) is 0. The van der Waals surface area contributed by atoms with Gasteiger partial charge in [0, 0.05) is 38.8 Å². The van der Waals surface area contributed by atoms with E-state index in [2.05, 4.69) is 28.7 Å². The van der Waals surface area contributed by atoms with E-state index < -0.39 is 0 Å². The number of piperazine rings is 1. The average Bonchev–Trinajstić information content (AvgIpc) is 3.09. The number of carbonyl (C=O) groups excluding carboxylic acids is 1. The van der Waals surface area contributed by atoms with Crippen molar-refractivity contribution in [2.45, 2.75) is 38.3 Å². The molecule has 1 amide bonds. The molecule has 0 unspecified atom stereocenters. The van der Waals surface area contributed by atoms with Gasteiger partial charge in [-0.05, 0) is 48.6 Å². The molecule has 21 heavy (non-hydrogen) atoms. The van der Waals surface area contributed by atoms with Crippen molar-refractivity contribution in [3.05, 3.63) is 22.4 Å². The highest BCUT2D eigenvalue weighted by molar-refractivity contribution is 7.07. The van der Waals surface area contributed by atoms with Crippen molar-refractivity contribution in [2.75, 3.05) is 32.8 Å². The lowest BCUT2D eigenvalue weighted by Gasteiger charge is -2.39. The van der Waals surface area contributed by atoms with Gasteiger partial charge in [0.25, 0.3) is 5.91 Å². The normalized spacial score (nSPS) is 25.8. The first-order valence-electron chi connectivity index (χ1n) is 7.92. The first-order valence-corrected chi connectivity index (χ1v) is 8.86. The number of carbonyl (C=O) groups is 1. The van der Waals surface area contributed by atoms with Gasteiger partial charge in [-0.15, -0.1) is 0 Å². The van der Waals surface area contributed by atoms with Crippen LogP contribution in [0.2, 0.25) is 0 Å².